The summed E-state index contributed by atoms with van der Waals surface area (Å²) in [5.41, 5.74) is 0. The molecule has 120 valence electrons. The molecule has 1 aliphatic heterocycles. The Balaban J connectivity index is 1.43. The van der Waals surface area contributed by atoms with Gasteiger partial charge in [-0.15, -0.1) is 0 Å². The monoisotopic (exact) mass is 295 g/mol. The number of hydrogen-bond acceptors (Lipinski definition) is 3. The van der Waals surface area contributed by atoms with Crippen molar-refractivity contribution in [3.8, 4) is 0 Å². The van der Waals surface area contributed by atoms with E-state index in [0.717, 1.165) is 24.7 Å². The molecule has 4 atom stereocenters. The number of ether oxygens (including phenoxy) is 2. The van der Waals surface area contributed by atoms with E-state index in [1.807, 2.05) is 13.8 Å². The van der Waals surface area contributed by atoms with E-state index < -0.39 is 5.79 Å². The first-order valence-electron chi connectivity index (χ1n) is 8.63. The lowest BCUT2D eigenvalue weighted by atomic mass is 9.67. The molecule has 1 amide bonds. The molecular formula is C17H29NO3. The second kappa shape index (κ2) is 6.25. The largest absolute Gasteiger partial charge is 0.353 e. The van der Waals surface area contributed by atoms with Crippen molar-refractivity contribution >= 4 is 5.91 Å². The molecule has 3 rings (SSSR count). The highest BCUT2D eigenvalue weighted by Gasteiger charge is 2.36. The van der Waals surface area contributed by atoms with Crippen LogP contribution in [0.4, 0.5) is 0 Å². The summed E-state index contributed by atoms with van der Waals surface area (Å²) >= 11 is 0. The number of carbonyl (C=O) groups excluding carboxylic acids is 1. The zero-order valence-corrected chi connectivity index (χ0v) is 13.4. The van der Waals surface area contributed by atoms with Crippen LogP contribution in [0.2, 0.25) is 0 Å². The zero-order chi connectivity index (χ0) is 14.9. The van der Waals surface area contributed by atoms with E-state index in [9.17, 15) is 4.79 Å². The molecular weight excluding hydrogens is 266 g/mol. The lowest BCUT2D eigenvalue weighted by Crippen LogP contribution is -2.41. The Morgan fingerprint density at radius 1 is 1.14 bits per heavy atom. The molecule has 2 aliphatic carbocycles. The maximum atomic E-state index is 12.4. The van der Waals surface area contributed by atoms with E-state index in [1.54, 1.807) is 0 Å². The van der Waals surface area contributed by atoms with Gasteiger partial charge in [0.1, 0.15) is 6.10 Å². The van der Waals surface area contributed by atoms with Crippen molar-refractivity contribution in [1.29, 1.82) is 0 Å². The van der Waals surface area contributed by atoms with Crippen LogP contribution in [0.15, 0.2) is 0 Å². The first-order chi connectivity index (χ1) is 10.0. The molecule has 3 aliphatic rings. The first kappa shape index (κ1) is 15.3. The third-order valence-corrected chi connectivity index (χ3v) is 5.48. The van der Waals surface area contributed by atoms with Gasteiger partial charge >= 0.3 is 0 Å². The molecule has 4 unspecified atom stereocenters. The van der Waals surface area contributed by atoms with Gasteiger partial charge in [-0.3, -0.25) is 4.79 Å². The molecule has 21 heavy (non-hydrogen) atoms. The van der Waals surface area contributed by atoms with Crippen LogP contribution in [-0.2, 0) is 14.3 Å². The van der Waals surface area contributed by atoms with Crippen LogP contribution in [0, 0.1) is 17.8 Å². The first-order valence-corrected chi connectivity index (χ1v) is 8.63. The van der Waals surface area contributed by atoms with E-state index in [1.165, 1.54) is 32.1 Å². The van der Waals surface area contributed by atoms with E-state index >= 15 is 0 Å². The minimum absolute atomic E-state index is 0.00466. The fourth-order valence-electron chi connectivity index (χ4n) is 4.33. The van der Waals surface area contributed by atoms with Crippen molar-refractivity contribution in [2.75, 3.05) is 13.2 Å². The average Bonchev–Trinajstić information content (AvgIpc) is 2.83. The fraction of sp³-hybridized carbons (Fsp3) is 0.941. The number of nitrogens with one attached hydrogen (secondary N) is 1. The lowest BCUT2D eigenvalue weighted by molar-refractivity contribution is -0.140. The topological polar surface area (TPSA) is 47.6 Å². The van der Waals surface area contributed by atoms with Crippen molar-refractivity contribution in [3.63, 3.8) is 0 Å². The van der Waals surface area contributed by atoms with Gasteiger partial charge < -0.3 is 14.8 Å². The van der Waals surface area contributed by atoms with Crippen molar-refractivity contribution in [3.05, 3.63) is 0 Å². The Bertz CT molecular complexity index is 382. The Kier molecular flexibility index (Phi) is 4.55. The van der Waals surface area contributed by atoms with Gasteiger partial charge in [0, 0.05) is 12.5 Å². The Morgan fingerprint density at radius 3 is 2.62 bits per heavy atom. The van der Waals surface area contributed by atoms with Gasteiger partial charge in [-0.1, -0.05) is 25.7 Å². The summed E-state index contributed by atoms with van der Waals surface area (Å²) in [6.07, 6.45) is 8.90. The fourth-order valence-corrected chi connectivity index (χ4v) is 4.33. The highest BCUT2D eigenvalue weighted by molar-refractivity contribution is 5.78. The van der Waals surface area contributed by atoms with Gasteiger partial charge in [0.05, 0.1) is 6.61 Å². The van der Waals surface area contributed by atoms with Gasteiger partial charge in [0.2, 0.25) is 5.91 Å². The van der Waals surface area contributed by atoms with E-state index in [2.05, 4.69) is 5.32 Å². The van der Waals surface area contributed by atoms with Crippen LogP contribution in [0.25, 0.3) is 0 Å². The molecule has 1 heterocycles. The molecule has 0 bridgehead atoms. The SMILES string of the molecule is CC1(C)OCC(CNC(=O)C2CCC3CCCCC3C2)O1. The maximum absolute atomic E-state index is 12.4. The Morgan fingerprint density at radius 2 is 1.90 bits per heavy atom. The predicted molar refractivity (Wildman–Crippen MR) is 80.7 cm³/mol. The van der Waals surface area contributed by atoms with Crippen molar-refractivity contribution in [2.45, 2.75) is 70.7 Å². The van der Waals surface area contributed by atoms with Crippen LogP contribution in [-0.4, -0.2) is 30.9 Å². The summed E-state index contributed by atoms with van der Waals surface area (Å²) < 4.78 is 11.3. The van der Waals surface area contributed by atoms with E-state index in [-0.39, 0.29) is 17.9 Å². The molecule has 0 spiro atoms. The second-order valence-corrected chi connectivity index (χ2v) is 7.51. The molecule has 2 saturated carbocycles. The molecule has 4 nitrogen and oxygen atoms in total. The highest BCUT2D eigenvalue weighted by atomic mass is 16.7. The van der Waals surface area contributed by atoms with E-state index in [0.29, 0.717) is 13.2 Å². The minimum atomic E-state index is -0.504. The summed E-state index contributed by atoms with van der Waals surface area (Å²) in [4.78, 5) is 12.4. The molecule has 0 radical (unpaired) electrons. The number of amides is 1. The Hall–Kier alpha value is -0.610. The number of hydrogen-bond donors (Lipinski definition) is 1. The summed E-state index contributed by atoms with van der Waals surface area (Å²) in [7, 11) is 0. The van der Waals surface area contributed by atoms with E-state index in [4.69, 9.17) is 9.47 Å². The van der Waals surface area contributed by atoms with Crippen LogP contribution in [0.1, 0.15) is 58.8 Å². The van der Waals surface area contributed by atoms with Crippen molar-refractivity contribution in [1.82, 2.24) is 5.32 Å². The number of carbonyl (C=O) groups is 1. The lowest BCUT2D eigenvalue weighted by Gasteiger charge is -2.38. The molecule has 1 saturated heterocycles. The van der Waals surface area contributed by atoms with Gasteiger partial charge in [0.15, 0.2) is 5.79 Å². The third kappa shape index (κ3) is 3.78. The van der Waals surface area contributed by atoms with Crippen LogP contribution in [0.3, 0.4) is 0 Å². The van der Waals surface area contributed by atoms with Crippen LogP contribution < -0.4 is 5.32 Å². The maximum Gasteiger partial charge on any atom is 0.223 e. The second-order valence-electron chi connectivity index (χ2n) is 7.51. The predicted octanol–water partition coefficient (Wildman–Crippen LogP) is 2.86. The molecule has 0 aromatic heterocycles. The molecule has 0 aromatic rings. The molecule has 1 N–H and O–H groups in total. The van der Waals surface area contributed by atoms with Gasteiger partial charge in [-0.25, -0.2) is 0 Å². The zero-order valence-electron chi connectivity index (χ0n) is 13.4. The average molecular weight is 295 g/mol. The molecule has 3 fully saturated rings. The highest BCUT2D eigenvalue weighted by Crippen LogP contribution is 2.42. The number of rotatable bonds is 3. The Labute approximate surface area is 127 Å². The number of fused-ring (bicyclic) bond motifs is 1. The summed E-state index contributed by atoms with van der Waals surface area (Å²) in [5, 5.41) is 3.08. The standard InChI is InChI=1S/C17H29NO3/c1-17(2)20-11-15(21-17)10-18-16(19)14-8-7-12-5-3-4-6-13(12)9-14/h12-15H,3-11H2,1-2H3,(H,18,19). The van der Waals surface area contributed by atoms with Crippen molar-refractivity contribution in [2.24, 2.45) is 17.8 Å². The smallest absolute Gasteiger partial charge is 0.223 e. The van der Waals surface area contributed by atoms with Crippen LogP contribution in [0.5, 0.6) is 0 Å². The van der Waals surface area contributed by atoms with Gasteiger partial charge in [-0.05, 0) is 44.9 Å². The van der Waals surface area contributed by atoms with Crippen molar-refractivity contribution < 1.29 is 14.3 Å². The summed E-state index contributed by atoms with van der Waals surface area (Å²) in [6.45, 7) is 4.98. The molecule has 0 aromatic carbocycles. The van der Waals surface area contributed by atoms with Gasteiger partial charge in [-0.2, -0.15) is 0 Å². The summed E-state index contributed by atoms with van der Waals surface area (Å²) in [5.74, 6) is 1.64. The quantitative estimate of drug-likeness (QED) is 0.871. The molecule has 4 heteroatoms. The third-order valence-electron chi connectivity index (χ3n) is 5.48. The normalized spacial score (nSPS) is 38.8. The van der Waals surface area contributed by atoms with Crippen LogP contribution >= 0.6 is 0 Å². The minimum Gasteiger partial charge on any atom is -0.353 e. The summed E-state index contributed by atoms with van der Waals surface area (Å²) in [6, 6.07) is 0. The van der Waals surface area contributed by atoms with Gasteiger partial charge in [0.25, 0.3) is 0 Å².